The number of hydrogen-bond donors (Lipinski definition) is 1. The maximum atomic E-state index is 9.95. The molecular formula is C17H17ClOS. The maximum Gasteiger partial charge on any atom is 0.0818 e. The number of aliphatic hydroxyl groups excluding tert-OH is 1. The molecule has 104 valence electrons. The molecule has 0 spiro atoms. The Kier molecular flexibility index (Phi) is 5.72. The molecule has 1 atom stereocenters. The van der Waals surface area contributed by atoms with E-state index in [4.69, 9.17) is 11.6 Å². The normalized spacial score (nSPS) is 12.8. The van der Waals surface area contributed by atoms with E-state index in [1.807, 2.05) is 36.4 Å². The first-order valence-electron chi connectivity index (χ1n) is 6.45. The fourth-order valence-electron chi connectivity index (χ4n) is 1.67. The summed E-state index contributed by atoms with van der Waals surface area (Å²) in [5, 5.41) is 10.7. The van der Waals surface area contributed by atoms with Crippen LogP contribution < -0.4 is 0 Å². The van der Waals surface area contributed by atoms with E-state index in [9.17, 15) is 5.11 Å². The average molecular weight is 305 g/mol. The second kappa shape index (κ2) is 7.53. The van der Waals surface area contributed by atoms with Crippen molar-refractivity contribution in [3.05, 3.63) is 70.8 Å². The minimum absolute atomic E-state index is 0.461. The molecule has 0 aliphatic carbocycles. The Labute approximate surface area is 129 Å². The Hall–Kier alpha value is -1.22. The molecule has 0 aliphatic rings. The first kappa shape index (κ1) is 15.2. The van der Waals surface area contributed by atoms with Gasteiger partial charge in [-0.3, -0.25) is 0 Å². The number of aryl methyl sites for hydroxylation is 1. The molecule has 2 rings (SSSR count). The summed E-state index contributed by atoms with van der Waals surface area (Å²) in [6.45, 7) is 2.07. The van der Waals surface area contributed by atoms with Crippen molar-refractivity contribution in [1.29, 1.82) is 0 Å². The van der Waals surface area contributed by atoms with E-state index in [-0.39, 0.29) is 0 Å². The van der Waals surface area contributed by atoms with Crippen LogP contribution in [0, 0.1) is 6.92 Å². The van der Waals surface area contributed by atoms with Crippen molar-refractivity contribution in [3.63, 3.8) is 0 Å². The predicted octanol–water partition coefficient (Wildman–Crippen LogP) is 4.81. The zero-order valence-corrected chi connectivity index (χ0v) is 12.9. The molecule has 0 bridgehead atoms. The number of aliphatic hydroxyl groups is 1. The first-order valence-corrected chi connectivity index (χ1v) is 7.81. The van der Waals surface area contributed by atoms with Gasteiger partial charge in [0, 0.05) is 15.7 Å². The molecule has 2 aromatic rings. The Balaban J connectivity index is 1.84. The molecule has 0 fully saturated rings. The van der Waals surface area contributed by atoms with Gasteiger partial charge in [0.25, 0.3) is 0 Å². The highest BCUT2D eigenvalue weighted by Crippen LogP contribution is 2.19. The second-order valence-electron chi connectivity index (χ2n) is 4.60. The highest BCUT2D eigenvalue weighted by Gasteiger charge is 2.01. The average Bonchev–Trinajstić information content (AvgIpc) is 2.46. The van der Waals surface area contributed by atoms with Crippen molar-refractivity contribution in [1.82, 2.24) is 0 Å². The zero-order valence-electron chi connectivity index (χ0n) is 11.3. The topological polar surface area (TPSA) is 20.2 Å². The van der Waals surface area contributed by atoms with Crippen LogP contribution in [0.1, 0.15) is 11.1 Å². The summed E-state index contributed by atoms with van der Waals surface area (Å²) in [6.07, 6.45) is 3.26. The van der Waals surface area contributed by atoms with Crippen molar-refractivity contribution in [3.8, 4) is 0 Å². The smallest absolute Gasteiger partial charge is 0.0818 e. The summed E-state index contributed by atoms with van der Waals surface area (Å²) in [6, 6.07) is 15.9. The molecule has 0 radical (unpaired) electrons. The standard InChI is InChI=1S/C17H17ClOS/c1-13-2-10-17(11-3-13)20-12-16(19)9-6-14-4-7-15(18)8-5-14/h2-11,16,19H,12H2,1H3/b9-6+/t16-/m0/s1. The van der Waals surface area contributed by atoms with E-state index >= 15 is 0 Å². The van der Waals surface area contributed by atoms with Crippen molar-refractivity contribution < 1.29 is 5.11 Å². The molecule has 0 heterocycles. The van der Waals surface area contributed by atoms with E-state index in [0.717, 1.165) is 10.6 Å². The molecule has 1 nitrogen and oxygen atoms in total. The van der Waals surface area contributed by atoms with Crippen LogP contribution in [-0.2, 0) is 0 Å². The Morgan fingerprint density at radius 2 is 1.75 bits per heavy atom. The molecule has 0 unspecified atom stereocenters. The van der Waals surface area contributed by atoms with Crippen LogP contribution >= 0.6 is 23.4 Å². The van der Waals surface area contributed by atoms with Gasteiger partial charge in [-0.15, -0.1) is 11.8 Å². The number of rotatable bonds is 5. The highest BCUT2D eigenvalue weighted by atomic mass is 35.5. The molecule has 3 heteroatoms. The minimum Gasteiger partial charge on any atom is -0.388 e. The first-order chi connectivity index (χ1) is 9.63. The molecule has 0 aromatic heterocycles. The molecular weight excluding hydrogens is 288 g/mol. The van der Waals surface area contributed by atoms with Gasteiger partial charge in [-0.25, -0.2) is 0 Å². The van der Waals surface area contributed by atoms with Crippen LogP contribution in [0.5, 0.6) is 0 Å². The second-order valence-corrected chi connectivity index (χ2v) is 6.13. The Morgan fingerprint density at radius 3 is 2.40 bits per heavy atom. The van der Waals surface area contributed by atoms with Crippen LogP contribution in [0.2, 0.25) is 5.02 Å². The molecule has 2 aromatic carbocycles. The van der Waals surface area contributed by atoms with Crippen LogP contribution in [0.4, 0.5) is 0 Å². The third-order valence-electron chi connectivity index (χ3n) is 2.82. The lowest BCUT2D eigenvalue weighted by Crippen LogP contribution is -2.05. The van der Waals surface area contributed by atoms with Gasteiger partial charge in [0.1, 0.15) is 0 Å². The number of halogens is 1. The summed E-state index contributed by atoms with van der Waals surface area (Å²) < 4.78 is 0. The highest BCUT2D eigenvalue weighted by molar-refractivity contribution is 7.99. The Bertz CT molecular complexity index is 561. The van der Waals surface area contributed by atoms with Gasteiger partial charge >= 0.3 is 0 Å². The van der Waals surface area contributed by atoms with Crippen LogP contribution in [0.25, 0.3) is 6.08 Å². The van der Waals surface area contributed by atoms with Gasteiger partial charge < -0.3 is 5.11 Å². The predicted molar refractivity (Wildman–Crippen MR) is 88.4 cm³/mol. The van der Waals surface area contributed by atoms with E-state index in [1.165, 1.54) is 10.5 Å². The molecule has 0 saturated heterocycles. The van der Waals surface area contributed by atoms with Crippen molar-refractivity contribution >= 4 is 29.4 Å². The number of hydrogen-bond acceptors (Lipinski definition) is 2. The van der Waals surface area contributed by atoms with Crippen molar-refractivity contribution in [2.45, 2.75) is 17.9 Å². The summed E-state index contributed by atoms with van der Waals surface area (Å²) in [4.78, 5) is 1.18. The van der Waals surface area contributed by atoms with Gasteiger partial charge in [0.2, 0.25) is 0 Å². The monoisotopic (exact) mass is 304 g/mol. The van der Waals surface area contributed by atoms with Crippen LogP contribution in [0.15, 0.2) is 59.5 Å². The third-order valence-corrected chi connectivity index (χ3v) is 4.19. The summed E-state index contributed by atoms with van der Waals surface area (Å²) in [7, 11) is 0. The lowest BCUT2D eigenvalue weighted by atomic mass is 10.2. The number of thioether (sulfide) groups is 1. The zero-order chi connectivity index (χ0) is 14.4. The lowest BCUT2D eigenvalue weighted by Gasteiger charge is -2.06. The van der Waals surface area contributed by atoms with E-state index in [1.54, 1.807) is 11.8 Å². The molecule has 20 heavy (non-hydrogen) atoms. The van der Waals surface area contributed by atoms with E-state index < -0.39 is 6.10 Å². The largest absolute Gasteiger partial charge is 0.388 e. The fraction of sp³-hybridized carbons (Fsp3) is 0.176. The van der Waals surface area contributed by atoms with E-state index in [2.05, 4.69) is 31.2 Å². The minimum atomic E-state index is -0.461. The SMILES string of the molecule is Cc1ccc(SC[C@@H](O)/C=C/c2ccc(Cl)cc2)cc1. The van der Waals surface area contributed by atoms with Gasteiger partial charge in [-0.05, 0) is 36.8 Å². The van der Waals surface area contributed by atoms with Gasteiger partial charge in [0.05, 0.1) is 6.10 Å². The molecule has 1 N–H and O–H groups in total. The van der Waals surface area contributed by atoms with Gasteiger partial charge in [-0.1, -0.05) is 53.6 Å². The van der Waals surface area contributed by atoms with Gasteiger partial charge in [0.15, 0.2) is 0 Å². The number of benzene rings is 2. The Morgan fingerprint density at radius 1 is 1.10 bits per heavy atom. The van der Waals surface area contributed by atoms with Crippen molar-refractivity contribution in [2.75, 3.05) is 5.75 Å². The van der Waals surface area contributed by atoms with Crippen LogP contribution in [-0.4, -0.2) is 17.0 Å². The summed E-state index contributed by atoms with van der Waals surface area (Å²) in [5.41, 5.74) is 2.28. The van der Waals surface area contributed by atoms with Crippen molar-refractivity contribution in [2.24, 2.45) is 0 Å². The third kappa shape index (κ3) is 5.04. The van der Waals surface area contributed by atoms with Crippen LogP contribution in [0.3, 0.4) is 0 Å². The maximum absolute atomic E-state index is 9.95. The summed E-state index contributed by atoms with van der Waals surface area (Å²) >= 11 is 7.48. The quantitative estimate of drug-likeness (QED) is 0.800. The molecule has 0 aliphatic heterocycles. The molecule has 0 amide bonds. The van der Waals surface area contributed by atoms with Gasteiger partial charge in [-0.2, -0.15) is 0 Å². The summed E-state index contributed by atoms with van der Waals surface area (Å²) in [5.74, 6) is 0.646. The lowest BCUT2D eigenvalue weighted by molar-refractivity contribution is 0.249. The van der Waals surface area contributed by atoms with E-state index in [0.29, 0.717) is 5.75 Å². The molecule has 0 saturated carbocycles. The fourth-order valence-corrected chi connectivity index (χ4v) is 2.60.